The highest BCUT2D eigenvalue weighted by Gasteiger charge is 2.25. The van der Waals surface area contributed by atoms with E-state index in [-0.39, 0.29) is 17.8 Å². The van der Waals surface area contributed by atoms with Gasteiger partial charge in [0.05, 0.1) is 29.8 Å². The molecule has 1 saturated heterocycles. The highest BCUT2D eigenvalue weighted by Crippen LogP contribution is 2.37. The predicted octanol–water partition coefficient (Wildman–Crippen LogP) is 5.42. The fourth-order valence-electron chi connectivity index (χ4n) is 4.12. The number of carbonyl (C=O) groups excluding carboxylic acids is 1. The number of hydrogen-bond acceptors (Lipinski definition) is 6. The number of hydrogen-bond donors (Lipinski definition) is 1. The summed E-state index contributed by atoms with van der Waals surface area (Å²) < 4.78 is 13.2. The Kier molecular flexibility index (Phi) is 6.78. The van der Waals surface area contributed by atoms with Crippen molar-refractivity contribution in [3.63, 3.8) is 0 Å². The van der Waals surface area contributed by atoms with Crippen LogP contribution in [0, 0.1) is 6.92 Å². The zero-order valence-corrected chi connectivity index (χ0v) is 19.8. The van der Waals surface area contributed by atoms with Crippen molar-refractivity contribution in [2.45, 2.75) is 37.6 Å². The topological polar surface area (TPSA) is 82.2 Å². The molecule has 1 N–H and O–H groups in total. The molecule has 5 rings (SSSR count). The molecule has 4 aromatic rings. The Morgan fingerprint density at radius 2 is 1.85 bits per heavy atom. The monoisotopic (exact) mass is 474 g/mol. The first-order valence-electron chi connectivity index (χ1n) is 11.4. The molecule has 34 heavy (non-hydrogen) atoms. The Labute approximate surface area is 202 Å². The maximum absolute atomic E-state index is 12.6. The van der Waals surface area contributed by atoms with Crippen molar-refractivity contribution < 1.29 is 14.1 Å². The average molecular weight is 475 g/mol. The Balaban J connectivity index is 1.50. The van der Waals surface area contributed by atoms with Gasteiger partial charge < -0.3 is 19.1 Å². The van der Waals surface area contributed by atoms with Gasteiger partial charge in [-0.3, -0.25) is 4.79 Å². The van der Waals surface area contributed by atoms with Gasteiger partial charge in [-0.15, -0.1) is 0 Å². The minimum Gasteiger partial charge on any atom is -0.376 e. The van der Waals surface area contributed by atoms with Crippen LogP contribution in [0.4, 0.5) is 5.82 Å². The molecule has 1 aliphatic heterocycles. The van der Waals surface area contributed by atoms with Gasteiger partial charge in [-0.05, 0) is 19.8 Å². The zero-order valence-electron chi connectivity index (χ0n) is 18.9. The van der Waals surface area contributed by atoms with Crippen molar-refractivity contribution in [1.82, 2.24) is 14.7 Å². The molecule has 0 aliphatic carbocycles. The molecule has 0 bridgehead atoms. The summed E-state index contributed by atoms with van der Waals surface area (Å²) in [6.07, 6.45) is 2.21. The van der Waals surface area contributed by atoms with Gasteiger partial charge in [-0.25, -0.2) is 4.98 Å². The zero-order chi connectivity index (χ0) is 23.3. The number of nitrogens with zero attached hydrogens (tertiary/aromatic N) is 3. The van der Waals surface area contributed by atoms with Gasteiger partial charge in [0.15, 0.2) is 11.0 Å². The molecule has 3 heterocycles. The standard InChI is InChI=1S/C26H26N4O3S/c1-18-15-22(29-33-18)27-23(31)17-34-26-28-24(19-9-4-2-5-10-19)25(20-11-6-3-7-12-20)30(26)16-21-13-8-14-32-21/h2-7,9-12,15,21H,8,13-14,16-17H2,1H3,(H,27,29,31). The summed E-state index contributed by atoms with van der Waals surface area (Å²) in [4.78, 5) is 17.6. The Morgan fingerprint density at radius 3 is 2.50 bits per heavy atom. The quantitative estimate of drug-likeness (QED) is 0.343. The molecule has 1 aliphatic rings. The van der Waals surface area contributed by atoms with Gasteiger partial charge in [0.1, 0.15) is 5.76 Å². The van der Waals surface area contributed by atoms with Gasteiger partial charge in [-0.1, -0.05) is 77.6 Å². The summed E-state index contributed by atoms with van der Waals surface area (Å²) in [6.45, 7) is 3.26. The third-order valence-electron chi connectivity index (χ3n) is 5.67. The number of aryl methyl sites for hydroxylation is 1. The molecular formula is C26H26N4O3S. The van der Waals surface area contributed by atoms with E-state index in [2.05, 4.69) is 39.3 Å². The summed E-state index contributed by atoms with van der Waals surface area (Å²) in [7, 11) is 0. The maximum Gasteiger partial charge on any atom is 0.236 e. The second-order valence-electron chi connectivity index (χ2n) is 8.23. The van der Waals surface area contributed by atoms with E-state index in [4.69, 9.17) is 14.2 Å². The van der Waals surface area contributed by atoms with E-state index >= 15 is 0 Å². The number of carbonyl (C=O) groups is 1. The molecule has 0 saturated carbocycles. The summed E-state index contributed by atoms with van der Waals surface area (Å²) >= 11 is 1.41. The number of amides is 1. The third kappa shape index (κ3) is 5.08. The van der Waals surface area contributed by atoms with Crippen LogP contribution in [-0.4, -0.2) is 39.1 Å². The van der Waals surface area contributed by atoms with E-state index in [9.17, 15) is 4.79 Å². The molecule has 1 atom stereocenters. The van der Waals surface area contributed by atoms with E-state index in [1.807, 2.05) is 36.4 Å². The molecule has 2 aromatic carbocycles. The number of benzene rings is 2. The lowest BCUT2D eigenvalue weighted by Crippen LogP contribution is -2.18. The van der Waals surface area contributed by atoms with Gasteiger partial charge in [-0.2, -0.15) is 0 Å². The van der Waals surface area contributed by atoms with Gasteiger partial charge >= 0.3 is 0 Å². The van der Waals surface area contributed by atoms with Crippen LogP contribution in [0.15, 0.2) is 76.4 Å². The van der Waals surface area contributed by atoms with Crippen molar-refractivity contribution in [1.29, 1.82) is 0 Å². The van der Waals surface area contributed by atoms with Crippen LogP contribution in [0.2, 0.25) is 0 Å². The van der Waals surface area contributed by atoms with Crippen molar-refractivity contribution in [3.05, 3.63) is 72.5 Å². The highest BCUT2D eigenvalue weighted by atomic mass is 32.2. The van der Waals surface area contributed by atoms with Gasteiger partial charge in [0.2, 0.25) is 5.91 Å². The third-order valence-corrected chi connectivity index (χ3v) is 6.64. The number of ether oxygens (including phenoxy) is 1. The second-order valence-corrected chi connectivity index (χ2v) is 9.17. The minimum atomic E-state index is -0.160. The lowest BCUT2D eigenvalue weighted by Gasteiger charge is -2.16. The van der Waals surface area contributed by atoms with Crippen LogP contribution >= 0.6 is 11.8 Å². The summed E-state index contributed by atoms with van der Waals surface area (Å²) in [6, 6.07) is 22.2. The number of nitrogens with one attached hydrogen (secondary N) is 1. The number of rotatable bonds is 8. The molecule has 1 amide bonds. The first kappa shape index (κ1) is 22.4. The van der Waals surface area contributed by atoms with Crippen LogP contribution in [0.5, 0.6) is 0 Å². The largest absolute Gasteiger partial charge is 0.376 e. The van der Waals surface area contributed by atoms with Crippen LogP contribution in [-0.2, 0) is 16.1 Å². The minimum absolute atomic E-state index is 0.131. The lowest BCUT2D eigenvalue weighted by molar-refractivity contribution is -0.113. The van der Waals surface area contributed by atoms with Gasteiger partial charge in [0, 0.05) is 23.8 Å². The average Bonchev–Trinajstić information content (AvgIpc) is 3.60. The summed E-state index contributed by atoms with van der Waals surface area (Å²) in [5.74, 6) is 1.11. The lowest BCUT2D eigenvalue weighted by atomic mass is 10.0. The first-order valence-corrected chi connectivity index (χ1v) is 12.3. The fraction of sp³-hybridized carbons (Fsp3) is 0.269. The van der Waals surface area contributed by atoms with E-state index in [1.165, 1.54) is 11.8 Å². The van der Waals surface area contributed by atoms with E-state index in [0.717, 1.165) is 47.1 Å². The molecule has 7 nitrogen and oxygen atoms in total. The summed E-state index contributed by atoms with van der Waals surface area (Å²) in [5.41, 5.74) is 4.07. The van der Waals surface area contributed by atoms with Crippen molar-refractivity contribution >= 4 is 23.5 Å². The molecular weight excluding hydrogens is 448 g/mol. The molecule has 8 heteroatoms. The van der Waals surface area contributed by atoms with Crippen molar-refractivity contribution in [2.24, 2.45) is 0 Å². The molecule has 2 aromatic heterocycles. The number of imidazole rings is 1. The number of anilines is 1. The fourth-order valence-corrected chi connectivity index (χ4v) is 4.93. The van der Waals surface area contributed by atoms with Crippen LogP contribution < -0.4 is 5.32 Å². The van der Waals surface area contributed by atoms with E-state index < -0.39 is 0 Å². The predicted molar refractivity (Wildman–Crippen MR) is 133 cm³/mol. The molecule has 174 valence electrons. The normalized spacial score (nSPS) is 15.5. The Hall–Kier alpha value is -3.36. The first-order chi connectivity index (χ1) is 16.7. The van der Waals surface area contributed by atoms with Crippen LogP contribution in [0.1, 0.15) is 18.6 Å². The Morgan fingerprint density at radius 1 is 1.12 bits per heavy atom. The van der Waals surface area contributed by atoms with Crippen molar-refractivity contribution in [3.8, 4) is 22.5 Å². The smallest absolute Gasteiger partial charge is 0.236 e. The van der Waals surface area contributed by atoms with Crippen molar-refractivity contribution in [2.75, 3.05) is 17.7 Å². The van der Waals surface area contributed by atoms with Crippen LogP contribution in [0.3, 0.4) is 0 Å². The number of thioether (sulfide) groups is 1. The maximum atomic E-state index is 12.6. The van der Waals surface area contributed by atoms with E-state index in [0.29, 0.717) is 18.1 Å². The second kappa shape index (κ2) is 10.3. The highest BCUT2D eigenvalue weighted by molar-refractivity contribution is 7.99. The molecule has 0 radical (unpaired) electrons. The molecule has 1 unspecified atom stereocenters. The number of aromatic nitrogens is 3. The Bertz CT molecular complexity index is 1250. The van der Waals surface area contributed by atoms with Crippen LogP contribution in [0.25, 0.3) is 22.5 Å². The molecule has 1 fully saturated rings. The molecule has 0 spiro atoms. The van der Waals surface area contributed by atoms with Gasteiger partial charge in [0.25, 0.3) is 0 Å². The SMILES string of the molecule is Cc1cc(NC(=O)CSc2nc(-c3ccccc3)c(-c3ccccc3)n2CC2CCCO2)no1. The summed E-state index contributed by atoms with van der Waals surface area (Å²) in [5, 5.41) is 7.42. The van der Waals surface area contributed by atoms with E-state index in [1.54, 1.807) is 13.0 Å².